The summed E-state index contributed by atoms with van der Waals surface area (Å²) in [5.74, 6) is -1.23. The summed E-state index contributed by atoms with van der Waals surface area (Å²) in [4.78, 5) is 37.8. The number of hydrogen-bond acceptors (Lipinski definition) is 4. The fraction of sp³-hybridized carbons (Fsp3) is 0.348. The van der Waals surface area contributed by atoms with E-state index in [0.717, 1.165) is 25.7 Å². The minimum Gasteiger partial charge on any atom is -0.449 e. The molecule has 146 valence electrons. The molecule has 1 aliphatic carbocycles. The number of carbonyl (C=O) groups excluding carboxylic acids is 3. The normalized spacial score (nSPS) is 15.5. The second kappa shape index (κ2) is 9.31. The molecule has 1 aliphatic rings. The van der Waals surface area contributed by atoms with Gasteiger partial charge in [-0.1, -0.05) is 67.8 Å². The molecule has 5 nitrogen and oxygen atoms in total. The Morgan fingerprint density at radius 2 is 1.50 bits per heavy atom. The van der Waals surface area contributed by atoms with Crippen LogP contribution in [0.25, 0.3) is 0 Å². The van der Waals surface area contributed by atoms with Gasteiger partial charge in [0.05, 0.1) is 5.56 Å². The number of ether oxygens (including phenoxy) is 1. The van der Waals surface area contributed by atoms with Crippen molar-refractivity contribution in [2.75, 3.05) is 0 Å². The highest BCUT2D eigenvalue weighted by atomic mass is 16.5. The van der Waals surface area contributed by atoms with E-state index < -0.39 is 12.1 Å². The number of nitrogens with one attached hydrogen (secondary N) is 1. The van der Waals surface area contributed by atoms with Crippen molar-refractivity contribution in [1.82, 2.24) is 5.32 Å². The topological polar surface area (TPSA) is 72.5 Å². The third kappa shape index (κ3) is 4.85. The van der Waals surface area contributed by atoms with Crippen LogP contribution < -0.4 is 5.32 Å². The molecule has 0 radical (unpaired) electrons. The van der Waals surface area contributed by atoms with E-state index in [1.807, 2.05) is 6.07 Å². The van der Waals surface area contributed by atoms with Crippen LogP contribution in [0, 0.1) is 0 Å². The molecule has 2 aromatic carbocycles. The molecule has 1 unspecified atom stereocenters. The SMILES string of the molecule is CC(OC(=O)c1ccccc1C(=O)c1ccccc1)C(=O)NC1CCCCC1. The largest absolute Gasteiger partial charge is 0.449 e. The highest BCUT2D eigenvalue weighted by Crippen LogP contribution is 2.19. The Balaban J connectivity index is 1.69. The predicted octanol–water partition coefficient (Wildman–Crippen LogP) is 3.91. The van der Waals surface area contributed by atoms with Crippen LogP contribution in [0.3, 0.4) is 0 Å². The third-order valence-corrected chi connectivity index (χ3v) is 5.03. The van der Waals surface area contributed by atoms with Crippen molar-refractivity contribution in [3.05, 3.63) is 71.3 Å². The number of amides is 1. The van der Waals surface area contributed by atoms with E-state index in [1.165, 1.54) is 6.42 Å². The summed E-state index contributed by atoms with van der Waals surface area (Å²) in [7, 11) is 0. The van der Waals surface area contributed by atoms with Gasteiger partial charge in [0.25, 0.3) is 5.91 Å². The molecule has 5 heteroatoms. The molecule has 2 aromatic rings. The highest BCUT2D eigenvalue weighted by molar-refractivity contribution is 6.14. The molecule has 28 heavy (non-hydrogen) atoms. The average Bonchev–Trinajstić information content (AvgIpc) is 2.74. The molecule has 0 saturated heterocycles. The summed E-state index contributed by atoms with van der Waals surface area (Å²) in [6, 6.07) is 15.4. The summed E-state index contributed by atoms with van der Waals surface area (Å²) in [6.45, 7) is 1.55. The molecule has 1 N–H and O–H groups in total. The van der Waals surface area contributed by atoms with Crippen molar-refractivity contribution in [3.63, 3.8) is 0 Å². The van der Waals surface area contributed by atoms with Gasteiger partial charge in [0.1, 0.15) is 0 Å². The van der Waals surface area contributed by atoms with Crippen molar-refractivity contribution in [2.45, 2.75) is 51.2 Å². The smallest absolute Gasteiger partial charge is 0.339 e. The fourth-order valence-corrected chi connectivity index (χ4v) is 3.45. The molecule has 0 heterocycles. The first-order valence-corrected chi connectivity index (χ1v) is 9.76. The fourth-order valence-electron chi connectivity index (χ4n) is 3.45. The Hall–Kier alpha value is -2.95. The molecule has 1 atom stereocenters. The quantitative estimate of drug-likeness (QED) is 0.610. The summed E-state index contributed by atoms with van der Waals surface area (Å²) < 4.78 is 5.36. The van der Waals surface area contributed by atoms with Gasteiger partial charge >= 0.3 is 5.97 Å². The van der Waals surface area contributed by atoms with Crippen LogP contribution in [0.2, 0.25) is 0 Å². The number of carbonyl (C=O) groups is 3. The molecule has 0 aromatic heterocycles. The van der Waals surface area contributed by atoms with Crippen molar-refractivity contribution < 1.29 is 19.1 Å². The molecule has 0 bridgehead atoms. The van der Waals surface area contributed by atoms with Gasteiger partial charge in [-0.05, 0) is 25.8 Å². The highest BCUT2D eigenvalue weighted by Gasteiger charge is 2.25. The van der Waals surface area contributed by atoms with Gasteiger partial charge < -0.3 is 10.1 Å². The third-order valence-electron chi connectivity index (χ3n) is 5.03. The maximum atomic E-state index is 12.8. The maximum Gasteiger partial charge on any atom is 0.339 e. The summed E-state index contributed by atoms with van der Waals surface area (Å²) in [5, 5.41) is 2.96. The Kier molecular flexibility index (Phi) is 6.58. The lowest BCUT2D eigenvalue weighted by Crippen LogP contribution is -2.42. The first kappa shape index (κ1) is 19.8. The van der Waals surface area contributed by atoms with Gasteiger partial charge in [0.15, 0.2) is 11.9 Å². The first-order valence-electron chi connectivity index (χ1n) is 9.76. The van der Waals surface area contributed by atoms with Gasteiger partial charge in [0, 0.05) is 17.2 Å². The lowest BCUT2D eigenvalue weighted by atomic mass is 9.95. The van der Waals surface area contributed by atoms with E-state index in [9.17, 15) is 14.4 Å². The monoisotopic (exact) mass is 379 g/mol. The molecule has 1 fully saturated rings. The Morgan fingerprint density at radius 1 is 0.893 bits per heavy atom. The van der Waals surface area contributed by atoms with Crippen LogP contribution in [0.15, 0.2) is 54.6 Å². The molecule has 1 saturated carbocycles. The number of ketones is 1. The zero-order valence-corrected chi connectivity index (χ0v) is 16.0. The summed E-state index contributed by atoms with van der Waals surface area (Å²) >= 11 is 0. The minimum absolute atomic E-state index is 0.148. The van der Waals surface area contributed by atoms with Crippen molar-refractivity contribution in [2.24, 2.45) is 0 Å². The van der Waals surface area contributed by atoms with E-state index in [-0.39, 0.29) is 28.9 Å². The van der Waals surface area contributed by atoms with E-state index in [4.69, 9.17) is 4.74 Å². The standard InChI is InChI=1S/C23H25NO4/c1-16(22(26)24-18-12-6-3-7-13-18)28-23(27)20-15-9-8-14-19(20)21(25)17-10-4-2-5-11-17/h2,4-5,8-11,14-16,18H,3,6-7,12-13H2,1H3,(H,24,26). The lowest BCUT2D eigenvalue weighted by Gasteiger charge is -2.24. The van der Waals surface area contributed by atoms with Gasteiger partial charge in [-0.2, -0.15) is 0 Å². The van der Waals surface area contributed by atoms with Crippen LogP contribution >= 0.6 is 0 Å². The molecule has 0 aliphatic heterocycles. The van der Waals surface area contributed by atoms with Crippen LogP contribution in [0.5, 0.6) is 0 Å². The number of rotatable bonds is 6. The molecule has 3 rings (SSSR count). The van der Waals surface area contributed by atoms with Crippen LogP contribution in [-0.2, 0) is 9.53 Å². The molecule has 1 amide bonds. The minimum atomic E-state index is -0.922. The van der Waals surface area contributed by atoms with Crippen molar-refractivity contribution in [3.8, 4) is 0 Å². The first-order chi connectivity index (χ1) is 13.6. The molecular weight excluding hydrogens is 354 g/mol. The Bertz CT molecular complexity index is 841. The van der Waals surface area contributed by atoms with Crippen molar-refractivity contribution in [1.29, 1.82) is 0 Å². The van der Waals surface area contributed by atoms with E-state index in [2.05, 4.69) is 5.32 Å². The lowest BCUT2D eigenvalue weighted by molar-refractivity contribution is -0.130. The van der Waals surface area contributed by atoms with E-state index in [1.54, 1.807) is 55.5 Å². The summed E-state index contributed by atoms with van der Waals surface area (Å²) in [6.07, 6.45) is 4.40. The van der Waals surface area contributed by atoms with Crippen LogP contribution in [0.4, 0.5) is 0 Å². The second-order valence-corrected chi connectivity index (χ2v) is 7.13. The predicted molar refractivity (Wildman–Crippen MR) is 106 cm³/mol. The van der Waals surface area contributed by atoms with Crippen molar-refractivity contribution >= 4 is 17.7 Å². The van der Waals surface area contributed by atoms with Gasteiger partial charge in [-0.15, -0.1) is 0 Å². The average molecular weight is 379 g/mol. The molecular formula is C23H25NO4. The number of hydrogen-bond donors (Lipinski definition) is 1. The zero-order chi connectivity index (χ0) is 19.9. The second-order valence-electron chi connectivity index (χ2n) is 7.13. The van der Waals surface area contributed by atoms with E-state index >= 15 is 0 Å². The Morgan fingerprint density at radius 3 is 2.18 bits per heavy atom. The maximum absolute atomic E-state index is 12.8. The van der Waals surface area contributed by atoms with Gasteiger partial charge in [-0.3, -0.25) is 9.59 Å². The summed E-state index contributed by atoms with van der Waals surface area (Å²) in [5.41, 5.74) is 0.915. The zero-order valence-electron chi connectivity index (χ0n) is 16.0. The van der Waals surface area contributed by atoms with Crippen LogP contribution in [-0.4, -0.2) is 29.8 Å². The number of esters is 1. The van der Waals surface area contributed by atoms with Crippen LogP contribution in [0.1, 0.15) is 65.3 Å². The van der Waals surface area contributed by atoms with E-state index in [0.29, 0.717) is 5.56 Å². The Labute approximate surface area is 165 Å². The molecule has 0 spiro atoms. The number of benzene rings is 2. The van der Waals surface area contributed by atoms with Gasteiger partial charge in [0.2, 0.25) is 0 Å². The van der Waals surface area contributed by atoms with Gasteiger partial charge in [-0.25, -0.2) is 4.79 Å².